The molecule has 1 unspecified atom stereocenters. The first-order valence-electron chi connectivity index (χ1n) is 7.35. The molecule has 0 bridgehead atoms. The van der Waals surface area contributed by atoms with Crippen LogP contribution in [0.4, 0.5) is 0 Å². The topological polar surface area (TPSA) is 49.4 Å². The van der Waals surface area contributed by atoms with Crippen molar-refractivity contribution in [1.82, 2.24) is 10.2 Å². The van der Waals surface area contributed by atoms with Crippen molar-refractivity contribution in [3.8, 4) is 0 Å². The zero-order valence-corrected chi connectivity index (χ0v) is 13.6. The lowest BCUT2D eigenvalue weighted by Crippen LogP contribution is -2.48. The summed E-state index contributed by atoms with van der Waals surface area (Å²) in [6.45, 7) is 6.47. The van der Waals surface area contributed by atoms with Gasteiger partial charge in [-0.05, 0) is 25.0 Å². The highest BCUT2D eigenvalue weighted by Gasteiger charge is 2.27. The van der Waals surface area contributed by atoms with Crippen LogP contribution in [0.5, 0.6) is 0 Å². The molecule has 116 valence electrons. The molecule has 0 aliphatic rings. The van der Waals surface area contributed by atoms with Crippen molar-refractivity contribution >= 4 is 23.4 Å². The summed E-state index contributed by atoms with van der Waals surface area (Å²) in [6, 6.07) is 6.93. The summed E-state index contributed by atoms with van der Waals surface area (Å²) < 4.78 is 0. The van der Waals surface area contributed by atoms with Crippen molar-refractivity contribution in [1.29, 1.82) is 0 Å². The van der Waals surface area contributed by atoms with E-state index in [2.05, 4.69) is 5.32 Å². The molecule has 1 rings (SSSR count). The third-order valence-electron chi connectivity index (χ3n) is 3.34. The minimum atomic E-state index is -0.464. The second-order valence-corrected chi connectivity index (χ2v) is 5.19. The fourth-order valence-electron chi connectivity index (χ4n) is 2.22. The Labute approximate surface area is 131 Å². The van der Waals surface area contributed by atoms with Gasteiger partial charge in [0.25, 0.3) is 0 Å². The Morgan fingerprint density at radius 1 is 1.24 bits per heavy atom. The second kappa shape index (κ2) is 8.67. The van der Waals surface area contributed by atoms with Gasteiger partial charge in [-0.15, -0.1) is 0 Å². The van der Waals surface area contributed by atoms with E-state index in [1.54, 1.807) is 17.9 Å². The van der Waals surface area contributed by atoms with Gasteiger partial charge >= 0.3 is 0 Å². The van der Waals surface area contributed by atoms with Crippen molar-refractivity contribution in [2.24, 2.45) is 0 Å². The van der Waals surface area contributed by atoms with Gasteiger partial charge in [-0.1, -0.05) is 43.6 Å². The third kappa shape index (κ3) is 4.74. The smallest absolute Gasteiger partial charge is 0.242 e. The van der Waals surface area contributed by atoms with Crippen LogP contribution in [0.3, 0.4) is 0 Å². The number of rotatable bonds is 7. The molecular weight excluding hydrogens is 288 g/mol. The summed E-state index contributed by atoms with van der Waals surface area (Å²) in [5.74, 6) is -0.165. The van der Waals surface area contributed by atoms with Crippen LogP contribution >= 0.6 is 11.6 Å². The SMILES string of the molecule is CCNC(=O)C(CC)N(Cc1ccccc1Cl)C(=O)CC. The molecule has 2 amide bonds. The van der Waals surface area contributed by atoms with Gasteiger partial charge in [0.2, 0.25) is 11.8 Å². The van der Waals surface area contributed by atoms with Crippen LogP contribution in [-0.4, -0.2) is 29.3 Å². The van der Waals surface area contributed by atoms with Crippen molar-refractivity contribution in [2.75, 3.05) is 6.54 Å². The summed E-state index contributed by atoms with van der Waals surface area (Å²) in [5.41, 5.74) is 0.851. The highest BCUT2D eigenvalue weighted by atomic mass is 35.5. The molecule has 0 spiro atoms. The first-order chi connectivity index (χ1) is 10.0. The lowest BCUT2D eigenvalue weighted by atomic mass is 10.1. The lowest BCUT2D eigenvalue weighted by molar-refractivity contribution is -0.141. The van der Waals surface area contributed by atoms with E-state index in [4.69, 9.17) is 11.6 Å². The summed E-state index contributed by atoms with van der Waals surface area (Å²) in [5, 5.41) is 3.40. The molecule has 0 aliphatic carbocycles. The van der Waals surface area contributed by atoms with Gasteiger partial charge in [0.1, 0.15) is 6.04 Å². The fourth-order valence-corrected chi connectivity index (χ4v) is 2.42. The molecule has 0 aliphatic heterocycles. The maximum Gasteiger partial charge on any atom is 0.242 e. The van der Waals surface area contributed by atoms with E-state index in [0.29, 0.717) is 31.0 Å². The normalized spacial score (nSPS) is 11.8. The Bertz CT molecular complexity index is 491. The zero-order chi connectivity index (χ0) is 15.8. The number of halogens is 1. The van der Waals surface area contributed by atoms with Gasteiger partial charge in [-0.25, -0.2) is 0 Å². The number of likely N-dealkylation sites (N-methyl/N-ethyl adjacent to an activating group) is 1. The number of nitrogens with one attached hydrogen (secondary N) is 1. The molecule has 21 heavy (non-hydrogen) atoms. The Morgan fingerprint density at radius 2 is 1.90 bits per heavy atom. The van der Waals surface area contributed by atoms with E-state index >= 15 is 0 Å². The molecule has 1 N–H and O–H groups in total. The predicted octanol–water partition coefficient (Wildman–Crippen LogP) is 2.99. The minimum absolute atomic E-state index is 0.0481. The molecule has 0 saturated heterocycles. The maximum atomic E-state index is 12.2. The Morgan fingerprint density at radius 3 is 2.43 bits per heavy atom. The van der Waals surface area contributed by atoms with E-state index < -0.39 is 6.04 Å². The first-order valence-corrected chi connectivity index (χ1v) is 7.73. The molecule has 1 aromatic rings. The summed E-state index contributed by atoms with van der Waals surface area (Å²) >= 11 is 6.17. The van der Waals surface area contributed by atoms with Crippen LogP contribution in [0.25, 0.3) is 0 Å². The predicted molar refractivity (Wildman–Crippen MR) is 85.1 cm³/mol. The van der Waals surface area contributed by atoms with Gasteiger partial charge in [-0.3, -0.25) is 9.59 Å². The van der Waals surface area contributed by atoms with Crippen molar-refractivity contribution in [3.05, 3.63) is 34.9 Å². The molecule has 0 heterocycles. The van der Waals surface area contributed by atoms with Crippen molar-refractivity contribution < 1.29 is 9.59 Å². The summed E-state index contributed by atoms with van der Waals surface area (Å²) in [7, 11) is 0. The van der Waals surface area contributed by atoms with Gasteiger partial charge < -0.3 is 10.2 Å². The maximum absolute atomic E-state index is 12.2. The number of benzene rings is 1. The van der Waals surface area contributed by atoms with Crippen molar-refractivity contribution in [2.45, 2.75) is 46.2 Å². The molecule has 1 aromatic carbocycles. The highest BCUT2D eigenvalue weighted by molar-refractivity contribution is 6.31. The van der Waals surface area contributed by atoms with Crippen LogP contribution in [0, 0.1) is 0 Å². The molecule has 4 nitrogen and oxygen atoms in total. The quantitative estimate of drug-likeness (QED) is 0.841. The van der Waals surface area contributed by atoms with Gasteiger partial charge in [0.15, 0.2) is 0 Å². The lowest BCUT2D eigenvalue weighted by Gasteiger charge is -2.30. The Kier molecular flexibility index (Phi) is 7.23. The standard InChI is InChI=1S/C16H23ClN2O2/c1-4-14(16(21)18-6-3)19(15(20)5-2)11-12-9-7-8-10-13(12)17/h7-10,14H,4-6,11H2,1-3H3,(H,18,21). The Balaban J connectivity index is 3.02. The second-order valence-electron chi connectivity index (χ2n) is 4.79. The van der Waals surface area contributed by atoms with Crippen molar-refractivity contribution in [3.63, 3.8) is 0 Å². The monoisotopic (exact) mass is 310 g/mol. The van der Waals surface area contributed by atoms with Crippen LogP contribution in [0.1, 0.15) is 39.2 Å². The Hall–Kier alpha value is -1.55. The number of hydrogen-bond acceptors (Lipinski definition) is 2. The average molecular weight is 311 g/mol. The number of nitrogens with zero attached hydrogens (tertiary/aromatic N) is 1. The highest BCUT2D eigenvalue weighted by Crippen LogP contribution is 2.20. The van der Waals surface area contributed by atoms with Crippen LogP contribution in [0.15, 0.2) is 24.3 Å². The number of carbonyl (C=O) groups excluding carboxylic acids is 2. The fraction of sp³-hybridized carbons (Fsp3) is 0.500. The van der Waals surface area contributed by atoms with Crippen LogP contribution in [0.2, 0.25) is 5.02 Å². The largest absolute Gasteiger partial charge is 0.355 e. The summed E-state index contributed by atoms with van der Waals surface area (Å²) in [4.78, 5) is 26.0. The molecular formula is C16H23ClN2O2. The number of carbonyl (C=O) groups is 2. The van der Waals surface area contributed by atoms with E-state index in [-0.39, 0.29) is 11.8 Å². The first kappa shape index (κ1) is 17.5. The van der Waals surface area contributed by atoms with E-state index in [1.807, 2.05) is 32.0 Å². The molecule has 0 radical (unpaired) electrons. The molecule has 0 fully saturated rings. The van der Waals surface area contributed by atoms with Gasteiger partial charge in [0, 0.05) is 24.5 Å². The zero-order valence-electron chi connectivity index (χ0n) is 12.9. The van der Waals surface area contributed by atoms with Crippen LogP contribution < -0.4 is 5.32 Å². The number of amides is 2. The summed E-state index contributed by atoms with van der Waals surface area (Å²) in [6.07, 6.45) is 0.933. The average Bonchev–Trinajstić information content (AvgIpc) is 2.48. The molecule has 0 aromatic heterocycles. The molecule has 5 heteroatoms. The van der Waals surface area contributed by atoms with Gasteiger partial charge in [0.05, 0.1) is 0 Å². The molecule has 1 atom stereocenters. The molecule has 0 saturated carbocycles. The van der Waals surface area contributed by atoms with E-state index in [0.717, 1.165) is 5.56 Å². The third-order valence-corrected chi connectivity index (χ3v) is 3.71. The van der Waals surface area contributed by atoms with Gasteiger partial charge in [-0.2, -0.15) is 0 Å². The van der Waals surface area contributed by atoms with E-state index in [9.17, 15) is 9.59 Å². The van der Waals surface area contributed by atoms with Crippen LogP contribution in [-0.2, 0) is 16.1 Å². The van der Waals surface area contributed by atoms with E-state index in [1.165, 1.54) is 0 Å². The number of hydrogen-bond donors (Lipinski definition) is 1. The minimum Gasteiger partial charge on any atom is -0.355 e.